The Morgan fingerprint density at radius 1 is 1.14 bits per heavy atom. The van der Waals surface area contributed by atoms with Crippen LogP contribution >= 0.6 is 0 Å². The highest BCUT2D eigenvalue weighted by Gasteiger charge is 2.44. The number of likely N-dealkylation sites (tertiary alicyclic amines) is 1. The molecule has 0 atom stereocenters. The first-order valence-electron chi connectivity index (χ1n) is 6.47. The summed E-state index contributed by atoms with van der Waals surface area (Å²) in [4.78, 5) is 2.59. The third kappa shape index (κ3) is 2.73. The molecule has 0 radical (unpaired) electrons. The normalized spacial score (nSPS) is 26.6. The molecule has 0 spiro atoms. The van der Waals surface area contributed by atoms with E-state index >= 15 is 0 Å². The van der Waals surface area contributed by atoms with Crippen molar-refractivity contribution in [1.82, 2.24) is 4.90 Å². The maximum atomic E-state index is 2.59. The Morgan fingerprint density at radius 3 is 2.00 bits per heavy atom. The van der Waals surface area contributed by atoms with E-state index in [2.05, 4.69) is 18.7 Å². The van der Waals surface area contributed by atoms with E-state index in [1.54, 1.807) is 0 Å². The minimum atomic E-state index is 0.778. The molecular weight excluding hydrogens is 170 g/mol. The van der Waals surface area contributed by atoms with Gasteiger partial charge in [-0.15, -0.1) is 0 Å². The maximum absolute atomic E-state index is 2.59. The second-order valence-corrected chi connectivity index (χ2v) is 4.86. The lowest BCUT2D eigenvalue weighted by Gasteiger charge is -2.34. The van der Waals surface area contributed by atoms with Crippen LogP contribution in [0.4, 0.5) is 0 Å². The molecule has 0 amide bonds. The SMILES string of the molecule is CC.CCN1CCC(C2(C)CC2)CC1. The Kier molecular flexibility index (Phi) is 4.43. The van der Waals surface area contributed by atoms with Crippen molar-refractivity contribution >= 4 is 0 Å². The van der Waals surface area contributed by atoms with Crippen molar-refractivity contribution in [2.24, 2.45) is 11.3 Å². The number of piperidine rings is 1. The summed E-state index contributed by atoms with van der Waals surface area (Å²) in [6.45, 7) is 12.7. The molecule has 84 valence electrons. The van der Waals surface area contributed by atoms with Gasteiger partial charge in [-0.3, -0.25) is 0 Å². The van der Waals surface area contributed by atoms with Gasteiger partial charge in [0, 0.05) is 0 Å². The Balaban J connectivity index is 0.000000461. The van der Waals surface area contributed by atoms with Gasteiger partial charge in [-0.1, -0.05) is 27.7 Å². The zero-order valence-electron chi connectivity index (χ0n) is 10.5. The van der Waals surface area contributed by atoms with Gasteiger partial charge in [0.1, 0.15) is 0 Å². The van der Waals surface area contributed by atoms with E-state index in [1.165, 1.54) is 45.3 Å². The first kappa shape index (κ1) is 12.0. The van der Waals surface area contributed by atoms with Crippen LogP contribution in [0.3, 0.4) is 0 Å². The zero-order chi connectivity index (χ0) is 10.6. The summed E-state index contributed by atoms with van der Waals surface area (Å²) < 4.78 is 0. The minimum absolute atomic E-state index is 0.778. The summed E-state index contributed by atoms with van der Waals surface area (Å²) >= 11 is 0. The Hall–Kier alpha value is -0.0400. The largest absolute Gasteiger partial charge is 0.304 e. The first-order chi connectivity index (χ1) is 6.74. The third-order valence-electron chi connectivity index (χ3n) is 4.06. The standard InChI is InChI=1S/C11H21N.C2H6/c1-3-12-8-4-10(5-9-12)11(2)6-7-11;1-2/h10H,3-9H2,1-2H3;1-2H3. The first-order valence-corrected chi connectivity index (χ1v) is 6.47. The van der Waals surface area contributed by atoms with Crippen LogP contribution in [0.5, 0.6) is 0 Å². The maximum Gasteiger partial charge on any atom is -0.00160 e. The summed E-state index contributed by atoms with van der Waals surface area (Å²) in [7, 11) is 0. The van der Waals surface area contributed by atoms with Gasteiger partial charge in [-0.05, 0) is 56.7 Å². The summed E-state index contributed by atoms with van der Waals surface area (Å²) in [5.41, 5.74) is 0.778. The van der Waals surface area contributed by atoms with Gasteiger partial charge in [0.15, 0.2) is 0 Å². The second-order valence-electron chi connectivity index (χ2n) is 4.86. The van der Waals surface area contributed by atoms with Gasteiger partial charge in [-0.2, -0.15) is 0 Å². The summed E-state index contributed by atoms with van der Waals surface area (Å²) in [5, 5.41) is 0. The average Bonchev–Trinajstić information content (AvgIpc) is 3.01. The molecule has 0 aromatic heterocycles. The Morgan fingerprint density at radius 2 is 1.64 bits per heavy atom. The van der Waals surface area contributed by atoms with Crippen molar-refractivity contribution in [1.29, 1.82) is 0 Å². The molecule has 1 heteroatoms. The average molecular weight is 197 g/mol. The van der Waals surface area contributed by atoms with Gasteiger partial charge in [-0.25, -0.2) is 0 Å². The van der Waals surface area contributed by atoms with E-state index in [1.807, 2.05) is 13.8 Å². The molecule has 0 aromatic rings. The lowest BCUT2D eigenvalue weighted by atomic mass is 9.83. The van der Waals surface area contributed by atoms with Crippen molar-refractivity contribution in [3.8, 4) is 0 Å². The molecule has 1 aliphatic carbocycles. The van der Waals surface area contributed by atoms with E-state index in [0.29, 0.717) is 0 Å². The van der Waals surface area contributed by atoms with Gasteiger partial charge in [0.05, 0.1) is 0 Å². The minimum Gasteiger partial charge on any atom is -0.304 e. The fraction of sp³-hybridized carbons (Fsp3) is 1.00. The molecule has 1 saturated heterocycles. The predicted octanol–water partition coefficient (Wildman–Crippen LogP) is 3.54. The molecule has 2 rings (SSSR count). The smallest absolute Gasteiger partial charge is 0.00160 e. The molecule has 0 aromatic carbocycles. The number of hydrogen-bond acceptors (Lipinski definition) is 1. The van der Waals surface area contributed by atoms with Crippen LogP contribution in [0.1, 0.15) is 53.4 Å². The van der Waals surface area contributed by atoms with Gasteiger partial charge in [0.25, 0.3) is 0 Å². The van der Waals surface area contributed by atoms with Crippen LogP contribution in [0.15, 0.2) is 0 Å². The van der Waals surface area contributed by atoms with Crippen LogP contribution < -0.4 is 0 Å². The monoisotopic (exact) mass is 197 g/mol. The molecule has 0 bridgehead atoms. The molecule has 1 heterocycles. The van der Waals surface area contributed by atoms with E-state index in [9.17, 15) is 0 Å². The lowest BCUT2D eigenvalue weighted by molar-refractivity contribution is 0.149. The van der Waals surface area contributed by atoms with Crippen LogP contribution in [-0.2, 0) is 0 Å². The Labute approximate surface area is 89.9 Å². The van der Waals surface area contributed by atoms with Crippen molar-refractivity contribution in [2.75, 3.05) is 19.6 Å². The van der Waals surface area contributed by atoms with Crippen LogP contribution in [-0.4, -0.2) is 24.5 Å². The number of hydrogen-bond donors (Lipinski definition) is 0. The highest BCUT2D eigenvalue weighted by molar-refractivity contribution is 4.96. The van der Waals surface area contributed by atoms with Crippen LogP contribution in [0.25, 0.3) is 0 Å². The molecular formula is C13H27N. The van der Waals surface area contributed by atoms with Gasteiger partial charge in [0.2, 0.25) is 0 Å². The van der Waals surface area contributed by atoms with E-state index in [4.69, 9.17) is 0 Å². The molecule has 0 N–H and O–H groups in total. The lowest BCUT2D eigenvalue weighted by Crippen LogP contribution is -2.35. The highest BCUT2D eigenvalue weighted by atomic mass is 15.1. The summed E-state index contributed by atoms with van der Waals surface area (Å²) in [6.07, 6.45) is 5.93. The van der Waals surface area contributed by atoms with Crippen molar-refractivity contribution in [2.45, 2.75) is 53.4 Å². The molecule has 1 saturated carbocycles. The molecule has 1 nitrogen and oxygen atoms in total. The Bertz CT molecular complexity index is 153. The van der Waals surface area contributed by atoms with Crippen molar-refractivity contribution in [3.63, 3.8) is 0 Å². The highest BCUT2D eigenvalue weighted by Crippen LogP contribution is 2.54. The zero-order valence-corrected chi connectivity index (χ0v) is 10.5. The number of nitrogens with zero attached hydrogens (tertiary/aromatic N) is 1. The second kappa shape index (κ2) is 5.16. The van der Waals surface area contributed by atoms with Gasteiger partial charge < -0.3 is 4.90 Å². The van der Waals surface area contributed by atoms with Crippen molar-refractivity contribution in [3.05, 3.63) is 0 Å². The third-order valence-corrected chi connectivity index (χ3v) is 4.06. The van der Waals surface area contributed by atoms with Crippen molar-refractivity contribution < 1.29 is 0 Å². The fourth-order valence-corrected chi connectivity index (χ4v) is 2.55. The summed E-state index contributed by atoms with van der Waals surface area (Å²) in [5.74, 6) is 1.06. The molecule has 2 aliphatic rings. The molecule has 1 aliphatic heterocycles. The molecule has 14 heavy (non-hydrogen) atoms. The van der Waals surface area contributed by atoms with Crippen LogP contribution in [0, 0.1) is 11.3 Å². The number of rotatable bonds is 2. The predicted molar refractivity (Wildman–Crippen MR) is 63.5 cm³/mol. The van der Waals surface area contributed by atoms with Crippen LogP contribution in [0.2, 0.25) is 0 Å². The van der Waals surface area contributed by atoms with E-state index in [-0.39, 0.29) is 0 Å². The van der Waals surface area contributed by atoms with E-state index < -0.39 is 0 Å². The van der Waals surface area contributed by atoms with E-state index in [0.717, 1.165) is 11.3 Å². The quantitative estimate of drug-likeness (QED) is 0.654. The fourth-order valence-electron chi connectivity index (χ4n) is 2.55. The topological polar surface area (TPSA) is 3.24 Å². The molecule has 2 fully saturated rings. The molecule has 0 unspecified atom stereocenters. The van der Waals surface area contributed by atoms with Gasteiger partial charge >= 0.3 is 0 Å². The summed E-state index contributed by atoms with van der Waals surface area (Å²) in [6, 6.07) is 0.